The molecule has 1 aromatic rings. The summed E-state index contributed by atoms with van der Waals surface area (Å²) in [5, 5.41) is 9.66. The summed E-state index contributed by atoms with van der Waals surface area (Å²) in [6.07, 6.45) is 4.23. The highest BCUT2D eigenvalue weighted by Gasteiger charge is 2.45. The topological polar surface area (TPSA) is 46.5 Å². The molecule has 0 saturated heterocycles. The van der Waals surface area contributed by atoms with E-state index in [4.69, 9.17) is 4.74 Å². The number of methoxy groups -OCH3 is 1. The number of carbonyl (C=O) groups is 1. The van der Waals surface area contributed by atoms with Crippen LogP contribution < -0.4 is 4.74 Å². The van der Waals surface area contributed by atoms with Gasteiger partial charge in [0.05, 0.1) is 12.5 Å². The third-order valence-electron chi connectivity index (χ3n) is 4.46. The van der Waals surface area contributed by atoms with E-state index in [0.29, 0.717) is 12.3 Å². The average Bonchev–Trinajstić information content (AvgIpc) is 2.84. The van der Waals surface area contributed by atoms with Gasteiger partial charge in [0.2, 0.25) is 0 Å². The van der Waals surface area contributed by atoms with Gasteiger partial charge in [0.25, 0.3) is 0 Å². The molecule has 0 amide bonds. The summed E-state index contributed by atoms with van der Waals surface area (Å²) < 4.78 is 5.34. The summed E-state index contributed by atoms with van der Waals surface area (Å²) in [5.41, 5.74) is 0.402. The Hall–Kier alpha value is -1.51. The number of carboxylic acid groups (broad SMARTS) is 1. The molecule has 1 fully saturated rings. The van der Waals surface area contributed by atoms with Crippen molar-refractivity contribution in [2.75, 3.05) is 7.11 Å². The predicted octanol–water partition coefficient (Wildman–Crippen LogP) is 3.52. The fourth-order valence-electron chi connectivity index (χ4n) is 3.23. The molecule has 0 aromatic heterocycles. The fraction of sp³-hybridized carbons (Fsp3) is 0.562. The van der Waals surface area contributed by atoms with Gasteiger partial charge in [-0.2, -0.15) is 0 Å². The number of carboxylic acids is 1. The molecule has 1 saturated carbocycles. The lowest BCUT2D eigenvalue weighted by Gasteiger charge is -2.25. The molecule has 104 valence electrons. The van der Waals surface area contributed by atoms with E-state index < -0.39 is 11.4 Å². The molecule has 1 aromatic carbocycles. The Morgan fingerprint density at radius 1 is 1.47 bits per heavy atom. The first-order valence-corrected chi connectivity index (χ1v) is 6.96. The number of hydrogen-bond donors (Lipinski definition) is 1. The highest BCUT2D eigenvalue weighted by molar-refractivity contribution is 5.75. The van der Waals surface area contributed by atoms with Gasteiger partial charge < -0.3 is 9.84 Å². The summed E-state index contributed by atoms with van der Waals surface area (Å²) in [6, 6.07) is 7.73. The molecule has 0 heterocycles. The standard InChI is InChI=1S/C16H22O3/c1-3-12-8-9-16(10-12,15(17)18)11-13-6-4-5-7-14(13)19-2/h4-7,12H,3,8-11H2,1-2H3,(H,17,18). The Balaban J connectivity index is 2.25. The van der Waals surface area contributed by atoms with E-state index in [0.717, 1.165) is 37.0 Å². The van der Waals surface area contributed by atoms with Gasteiger partial charge in [0, 0.05) is 0 Å². The summed E-state index contributed by atoms with van der Waals surface area (Å²) in [5.74, 6) is 0.684. The van der Waals surface area contributed by atoms with E-state index in [9.17, 15) is 9.90 Å². The first kappa shape index (κ1) is 13.9. The van der Waals surface area contributed by atoms with Gasteiger partial charge in [-0.25, -0.2) is 0 Å². The van der Waals surface area contributed by atoms with Crippen LogP contribution in [0.2, 0.25) is 0 Å². The van der Waals surface area contributed by atoms with Crippen LogP contribution in [0.5, 0.6) is 5.75 Å². The van der Waals surface area contributed by atoms with Crippen LogP contribution in [0.4, 0.5) is 0 Å². The lowest BCUT2D eigenvalue weighted by molar-refractivity contribution is -0.148. The van der Waals surface area contributed by atoms with Crippen molar-refractivity contribution in [2.45, 2.75) is 39.0 Å². The van der Waals surface area contributed by atoms with Gasteiger partial charge in [-0.3, -0.25) is 4.79 Å². The Kier molecular flexibility index (Phi) is 4.13. The molecule has 19 heavy (non-hydrogen) atoms. The van der Waals surface area contributed by atoms with Crippen molar-refractivity contribution in [3.63, 3.8) is 0 Å². The van der Waals surface area contributed by atoms with Crippen LogP contribution in [0, 0.1) is 11.3 Å². The van der Waals surface area contributed by atoms with E-state index in [1.807, 2.05) is 24.3 Å². The number of rotatable bonds is 5. The highest BCUT2D eigenvalue weighted by Crippen LogP contribution is 2.46. The first-order valence-electron chi connectivity index (χ1n) is 6.96. The van der Waals surface area contributed by atoms with Crippen molar-refractivity contribution in [3.8, 4) is 5.75 Å². The normalized spacial score (nSPS) is 26.3. The molecule has 0 bridgehead atoms. The second kappa shape index (κ2) is 5.64. The van der Waals surface area contributed by atoms with E-state index in [1.165, 1.54) is 0 Å². The molecule has 3 heteroatoms. The van der Waals surface area contributed by atoms with Crippen LogP contribution in [-0.2, 0) is 11.2 Å². The van der Waals surface area contributed by atoms with Crippen LogP contribution in [0.3, 0.4) is 0 Å². The van der Waals surface area contributed by atoms with Gasteiger partial charge in [-0.05, 0) is 43.2 Å². The summed E-state index contributed by atoms with van der Waals surface area (Å²) >= 11 is 0. The molecule has 0 radical (unpaired) electrons. The van der Waals surface area contributed by atoms with Crippen LogP contribution in [0.15, 0.2) is 24.3 Å². The minimum Gasteiger partial charge on any atom is -0.496 e. The quantitative estimate of drug-likeness (QED) is 0.883. The van der Waals surface area contributed by atoms with Crippen molar-refractivity contribution in [3.05, 3.63) is 29.8 Å². The lowest BCUT2D eigenvalue weighted by atomic mass is 9.79. The monoisotopic (exact) mass is 262 g/mol. The van der Waals surface area contributed by atoms with Crippen molar-refractivity contribution < 1.29 is 14.6 Å². The van der Waals surface area contributed by atoms with Gasteiger partial charge >= 0.3 is 5.97 Å². The van der Waals surface area contributed by atoms with Crippen LogP contribution >= 0.6 is 0 Å². The molecule has 0 spiro atoms. The maximum absolute atomic E-state index is 11.7. The highest BCUT2D eigenvalue weighted by atomic mass is 16.5. The Morgan fingerprint density at radius 3 is 2.79 bits per heavy atom. The van der Waals surface area contributed by atoms with Crippen molar-refractivity contribution in [2.24, 2.45) is 11.3 Å². The maximum Gasteiger partial charge on any atom is 0.309 e. The molecule has 2 rings (SSSR count). The minimum atomic E-state index is -0.658. The molecule has 1 N–H and O–H groups in total. The number of para-hydroxylation sites is 1. The summed E-state index contributed by atoms with van der Waals surface area (Å²) in [4.78, 5) is 11.7. The molecule has 0 aliphatic heterocycles. The van der Waals surface area contributed by atoms with Gasteiger partial charge in [0.15, 0.2) is 0 Å². The van der Waals surface area contributed by atoms with E-state index in [1.54, 1.807) is 7.11 Å². The molecule has 3 nitrogen and oxygen atoms in total. The molecule has 2 atom stereocenters. The number of hydrogen-bond acceptors (Lipinski definition) is 2. The predicted molar refractivity (Wildman–Crippen MR) is 74.4 cm³/mol. The molecule has 2 unspecified atom stereocenters. The Labute approximate surface area is 114 Å². The number of benzene rings is 1. The van der Waals surface area contributed by atoms with Crippen molar-refractivity contribution in [1.82, 2.24) is 0 Å². The largest absolute Gasteiger partial charge is 0.496 e. The van der Waals surface area contributed by atoms with E-state index in [2.05, 4.69) is 6.92 Å². The van der Waals surface area contributed by atoms with Gasteiger partial charge in [0.1, 0.15) is 5.75 Å². The SMILES string of the molecule is CCC1CCC(Cc2ccccc2OC)(C(=O)O)C1. The van der Waals surface area contributed by atoms with E-state index >= 15 is 0 Å². The lowest BCUT2D eigenvalue weighted by Crippen LogP contribution is -2.31. The second-order valence-electron chi connectivity index (χ2n) is 5.59. The summed E-state index contributed by atoms with van der Waals surface area (Å²) in [7, 11) is 1.63. The second-order valence-corrected chi connectivity index (χ2v) is 5.59. The Morgan fingerprint density at radius 2 is 2.21 bits per heavy atom. The average molecular weight is 262 g/mol. The van der Waals surface area contributed by atoms with Crippen molar-refractivity contribution >= 4 is 5.97 Å². The molecular formula is C16H22O3. The van der Waals surface area contributed by atoms with Gasteiger partial charge in [-0.15, -0.1) is 0 Å². The number of ether oxygens (including phenoxy) is 1. The minimum absolute atomic E-state index is 0.547. The summed E-state index contributed by atoms with van der Waals surface area (Å²) in [6.45, 7) is 2.14. The zero-order valence-corrected chi connectivity index (χ0v) is 11.7. The molecular weight excluding hydrogens is 240 g/mol. The number of aliphatic carboxylic acids is 1. The smallest absolute Gasteiger partial charge is 0.309 e. The maximum atomic E-state index is 11.7. The third kappa shape index (κ3) is 2.75. The van der Waals surface area contributed by atoms with Crippen LogP contribution in [-0.4, -0.2) is 18.2 Å². The van der Waals surface area contributed by atoms with Gasteiger partial charge in [-0.1, -0.05) is 31.5 Å². The fourth-order valence-corrected chi connectivity index (χ4v) is 3.23. The third-order valence-corrected chi connectivity index (χ3v) is 4.46. The molecule has 1 aliphatic rings. The zero-order valence-electron chi connectivity index (χ0n) is 11.7. The van der Waals surface area contributed by atoms with Crippen LogP contribution in [0.1, 0.15) is 38.2 Å². The molecule has 1 aliphatic carbocycles. The van der Waals surface area contributed by atoms with E-state index in [-0.39, 0.29) is 0 Å². The van der Waals surface area contributed by atoms with Crippen LogP contribution in [0.25, 0.3) is 0 Å². The first-order chi connectivity index (χ1) is 9.11. The zero-order chi connectivity index (χ0) is 13.9. The Bertz CT molecular complexity index is 455. The van der Waals surface area contributed by atoms with Crippen molar-refractivity contribution in [1.29, 1.82) is 0 Å².